The van der Waals surface area contributed by atoms with Gasteiger partial charge in [0.15, 0.2) is 4.80 Å². The fraction of sp³-hybridized carbons (Fsp3) is 0.280. The fourth-order valence-electron chi connectivity index (χ4n) is 3.76. The highest BCUT2D eigenvalue weighted by Crippen LogP contribution is 2.36. The topological polar surface area (TPSA) is 82.8 Å². The molecule has 3 heterocycles. The van der Waals surface area contributed by atoms with Crippen LogP contribution in [-0.2, 0) is 9.53 Å². The molecule has 1 aliphatic heterocycles. The lowest BCUT2D eigenvalue weighted by Gasteiger charge is -2.26. The van der Waals surface area contributed by atoms with Gasteiger partial charge in [0.25, 0.3) is 5.56 Å². The molecule has 0 aliphatic carbocycles. The zero-order valence-electron chi connectivity index (χ0n) is 18.9. The molecule has 0 fully saturated rings. The van der Waals surface area contributed by atoms with Crippen molar-refractivity contribution >= 4 is 23.4 Å². The number of aromatic nitrogens is 2. The normalized spacial score (nSPS) is 15.9. The number of thiazole rings is 1. The van der Waals surface area contributed by atoms with Crippen molar-refractivity contribution in [3.8, 4) is 5.75 Å². The number of fused-ring (bicyclic) bond motifs is 1. The van der Waals surface area contributed by atoms with E-state index in [2.05, 4.69) is 9.98 Å². The number of pyridine rings is 1. The first-order valence-corrected chi connectivity index (χ1v) is 11.6. The van der Waals surface area contributed by atoms with Crippen LogP contribution in [0.5, 0.6) is 5.75 Å². The van der Waals surface area contributed by atoms with Gasteiger partial charge in [0, 0.05) is 18.0 Å². The van der Waals surface area contributed by atoms with Gasteiger partial charge in [0.2, 0.25) is 0 Å². The number of ether oxygens (including phenoxy) is 2. The lowest BCUT2D eigenvalue weighted by Crippen LogP contribution is -2.40. The predicted octanol–water partition coefficient (Wildman–Crippen LogP) is 2.98. The first kappa shape index (κ1) is 22.7. The Hall–Kier alpha value is -3.52. The van der Waals surface area contributed by atoms with E-state index in [9.17, 15) is 9.59 Å². The summed E-state index contributed by atoms with van der Waals surface area (Å²) >= 11 is 1.29. The van der Waals surface area contributed by atoms with Crippen LogP contribution in [0.1, 0.15) is 44.9 Å². The molecule has 7 nitrogen and oxygen atoms in total. The van der Waals surface area contributed by atoms with Crippen LogP contribution < -0.4 is 19.6 Å². The number of para-hydroxylation sites is 1. The number of hydrogen-bond acceptors (Lipinski definition) is 7. The molecule has 1 aliphatic rings. The number of carbonyl (C=O) groups excluding carboxylic acids is 1. The maximum Gasteiger partial charge on any atom is 0.338 e. The minimum Gasteiger partial charge on any atom is -0.491 e. The number of hydrogen-bond donors (Lipinski definition) is 0. The Bertz CT molecular complexity index is 1390. The third-order valence-electron chi connectivity index (χ3n) is 5.10. The van der Waals surface area contributed by atoms with Crippen molar-refractivity contribution in [1.82, 2.24) is 9.55 Å². The Morgan fingerprint density at radius 1 is 1.21 bits per heavy atom. The average Bonchev–Trinajstić information content (AvgIpc) is 3.08. The van der Waals surface area contributed by atoms with Crippen molar-refractivity contribution < 1.29 is 14.3 Å². The van der Waals surface area contributed by atoms with Gasteiger partial charge in [-0.05, 0) is 57.5 Å². The average molecular weight is 464 g/mol. The highest BCUT2D eigenvalue weighted by molar-refractivity contribution is 7.07. The SMILES string of the molecule is CCOC(=O)C1=C(C)N=c2s/c(=C\c3ccncc3)c(=O)n2C1c1ccccc1OC(C)C. The summed E-state index contributed by atoms with van der Waals surface area (Å²) in [5.41, 5.74) is 2.19. The molecular formula is C25H25N3O4S. The van der Waals surface area contributed by atoms with E-state index in [1.54, 1.807) is 30.8 Å². The third-order valence-corrected chi connectivity index (χ3v) is 6.08. The molecule has 0 amide bonds. The van der Waals surface area contributed by atoms with Gasteiger partial charge in [-0.3, -0.25) is 14.3 Å². The van der Waals surface area contributed by atoms with Crippen LogP contribution in [0.4, 0.5) is 0 Å². The fourth-order valence-corrected chi connectivity index (χ4v) is 4.81. The molecule has 0 bridgehead atoms. The summed E-state index contributed by atoms with van der Waals surface area (Å²) in [4.78, 5) is 35.8. The van der Waals surface area contributed by atoms with Gasteiger partial charge in [-0.2, -0.15) is 0 Å². The number of esters is 1. The number of rotatable bonds is 6. The largest absolute Gasteiger partial charge is 0.491 e. The van der Waals surface area contributed by atoms with Gasteiger partial charge in [-0.15, -0.1) is 0 Å². The van der Waals surface area contributed by atoms with Crippen molar-refractivity contribution in [2.75, 3.05) is 6.61 Å². The highest BCUT2D eigenvalue weighted by atomic mass is 32.1. The Kier molecular flexibility index (Phi) is 6.55. The molecule has 0 radical (unpaired) electrons. The molecule has 1 unspecified atom stereocenters. The van der Waals surface area contributed by atoms with E-state index in [-0.39, 0.29) is 18.3 Å². The van der Waals surface area contributed by atoms with Gasteiger partial charge < -0.3 is 9.47 Å². The van der Waals surface area contributed by atoms with Crippen LogP contribution in [0.15, 0.2) is 69.8 Å². The Labute approximate surface area is 195 Å². The summed E-state index contributed by atoms with van der Waals surface area (Å²) in [6, 6.07) is 10.4. The van der Waals surface area contributed by atoms with E-state index in [1.165, 1.54) is 11.3 Å². The molecule has 8 heteroatoms. The Balaban J connectivity index is 1.99. The second-order valence-electron chi connectivity index (χ2n) is 7.79. The van der Waals surface area contributed by atoms with E-state index in [0.29, 0.717) is 31.9 Å². The number of nitrogens with zero attached hydrogens (tertiary/aromatic N) is 3. The summed E-state index contributed by atoms with van der Waals surface area (Å²) in [7, 11) is 0. The summed E-state index contributed by atoms with van der Waals surface area (Å²) in [6.07, 6.45) is 5.08. The minimum absolute atomic E-state index is 0.0789. The van der Waals surface area contributed by atoms with Gasteiger partial charge in [0.05, 0.1) is 28.5 Å². The number of benzene rings is 1. The number of carbonyl (C=O) groups is 1. The lowest BCUT2D eigenvalue weighted by molar-refractivity contribution is -0.139. The van der Waals surface area contributed by atoms with Gasteiger partial charge in [-0.1, -0.05) is 29.5 Å². The van der Waals surface area contributed by atoms with Crippen LogP contribution in [0.3, 0.4) is 0 Å². The smallest absolute Gasteiger partial charge is 0.338 e. The highest BCUT2D eigenvalue weighted by Gasteiger charge is 2.35. The van der Waals surface area contributed by atoms with E-state index >= 15 is 0 Å². The second-order valence-corrected chi connectivity index (χ2v) is 8.80. The van der Waals surface area contributed by atoms with E-state index < -0.39 is 12.0 Å². The summed E-state index contributed by atoms with van der Waals surface area (Å²) in [5.74, 6) is 0.115. The molecule has 4 rings (SSSR count). The third kappa shape index (κ3) is 4.52. The molecule has 33 heavy (non-hydrogen) atoms. The second kappa shape index (κ2) is 9.54. The standard InChI is InChI=1S/C25H25N3O4S/c1-5-31-24(30)21-16(4)27-25-28(22(21)18-8-6-7-9-19(18)32-15(2)3)23(29)20(33-25)14-17-10-12-26-13-11-17/h6-15,22H,5H2,1-4H3/b20-14-. The summed E-state index contributed by atoms with van der Waals surface area (Å²) in [5, 5.41) is 0. The van der Waals surface area contributed by atoms with Crippen LogP contribution in [0, 0.1) is 0 Å². The van der Waals surface area contributed by atoms with E-state index in [0.717, 1.165) is 5.56 Å². The molecule has 0 N–H and O–H groups in total. The van der Waals surface area contributed by atoms with Crippen LogP contribution >= 0.6 is 11.3 Å². The maximum absolute atomic E-state index is 13.6. The summed E-state index contributed by atoms with van der Waals surface area (Å²) in [6.45, 7) is 7.61. The van der Waals surface area contributed by atoms with E-state index in [1.807, 2.05) is 56.3 Å². The lowest BCUT2D eigenvalue weighted by atomic mass is 9.95. The van der Waals surface area contributed by atoms with Crippen LogP contribution in [0.2, 0.25) is 0 Å². The molecule has 0 saturated carbocycles. The molecule has 0 spiro atoms. The van der Waals surface area contributed by atoms with Crippen molar-refractivity contribution in [3.63, 3.8) is 0 Å². The predicted molar refractivity (Wildman–Crippen MR) is 127 cm³/mol. The summed E-state index contributed by atoms with van der Waals surface area (Å²) < 4.78 is 13.5. The Morgan fingerprint density at radius 2 is 1.94 bits per heavy atom. The van der Waals surface area contributed by atoms with Crippen molar-refractivity contribution in [2.45, 2.75) is 39.8 Å². The van der Waals surface area contributed by atoms with Crippen molar-refractivity contribution in [2.24, 2.45) is 4.99 Å². The maximum atomic E-state index is 13.6. The number of allylic oxidation sites excluding steroid dienone is 1. The molecule has 3 aromatic rings. The monoisotopic (exact) mass is 463 g/mol. The quantitative estimate of drug-likeness (QED) is 0.525. The molecule has 1 aromatic carbocycles. The first-order valence-electron chi connectivity index (χ1n) is 10.8. The molecule has 1 atom stereocenters. The van der Waals surface area contributed by atoms with Gasteiger partial charge >= 0.3 is 5.97 Å². The van der Waals surface area contributed by atoms with Gasteiger partial charge in [0.1, 0.15) is 11.8 Å². The molecule has 170 valence electrons. The zero-order valence-corrected chi connectivity index (χ0v) is 19.8. The molecule has 0 saturated heterocycles. The van der Waals surface area contributed by atoms with E-state index in [4.69, 9.17) is 9.47 Å². The van der Waals surface area contributed by atoms with Crippen LogP contribution in [-0.4, -0.2) is 28.2 Å². The first-order chi connectivity index (χ1) is 15.9. The van der Waals surface area contributed by atoms with Crippen molar-refractivity contribution in [3.05, 3.63) is 90.9 Å². The van der Waals surface area contributed by atoms with Crippen LogP contribution in [0.25, 0.3) is 6.08 Å². The molecule has 2 aromatic heterocycles. The zero-order chi connectivity index (χ0) is 23.5. The minimum atomic E-state index is -0.713. The Morgan fingerprint density at radius 3 is 2.64 bits per heavy atom. The van der Waals surface area contributed by atoms with Crippen molar-refractivity contribution in [1.29, 1.82) is 0 Å². The van der Waals surface area contributed by atoms with Gasteiger partial charge in [-0.25, -0.2) is 9.79 Å². The molecular weight excluding hydrogens is 438 g/mol.